The van der Waals surface area contributed by atoms with Gasteiger partial charge in [0.25, 0.3) is 5.91 Å². The topological polar surface area (TPSA) is 85.1 Å². The molecule has 1 unspecified atom stereocenters. The van der Waals surface area contributed by atoms with E-state index in [0.717, 1.165) is 24.9 Å². The average molecular weight is 412 g/mol. The number of nitrogens with two attached hydrogens (primary N) is 1. The van der Waals surface area contributed by atoms with E-state index >= 15 is 0 Å². The second-order valence-electron chi connectivity index (χ2n) is 7.06. The van der Waals surface area contributed by atoms with Crippen LogP contribution in [0.1, 0.15) is 32.6 Å². The molecule has 0 saturated carbocycles. The number of rotatable bonds is 7. The molecular formula is C20H30ClN3O4. The third kappa shape index (κ3) is 5.37. The van der Waals surface area contributed by atoms with Crippen LogP contribution in [0.15, 0.2) is 24.3 Å². The van der Waals surface area contributed by atoms with Crippen LogP contribution in [0, 0.1) is 0 Å². The van der Waals surface area contributed by atoms with Crippen molar-refractivity contribution in [2.24, 2.45) is 5.73 Å². The Morgan fingerprint density at radius 3 is 2.71 bits per heavy atom. The highest BCUT2D eigenvalue weighted by atomic mass is 35.5. The van der Waals surface area contributed by atoms with Gasteiger partial charge in [0.15, 0.2) is 6.10 Å². The Bertz CT molecular complexity index is 665. The molecule has 0 bridgehead atoms. The minimum absolute atomic E-state index is 0. The van der Waals surface area contributed by atoms with Gasteiger partial charge in [0, 0.05) is 32.7 Å². The Labute approximate surface area is 172 Å². The van der Waals surface area contributed by atoms with Gasteiger partial charge in [-0.15, -0.1) is 12.4 Å². The summed E-state index contributed by atoms with van der Waals surface area (Å²) in [6.07, 6.45) is 2.57. The number of fused-ring (bicyclic) bond motifs is 1. The van der Waals surface area contributed by atoms with Gasteiger partial charge in [-0.25, -0.2) is 0 Å². The summed E-state index contributed by atoms with van der Waals surface area (Å²) in [7, 11) is 0. The minimum Gasteiger partial charge on any atom is -0.479 e. The van der Waals surface area contributed by atoms with Crippen molar-refractivity contribution in [3.63, 3.8) is 0 Å². The fraction of sp³-hybridized carbons (Fsp3) is 0.600. The van der Waals surface area contributed by atoms with Crippen molar-refractivity contribution in [1.29, 1.82) is 0 Å². The molecule has 1 saturated heterocycles. The Morgan fingerprint density at radius 1 is 1.29 bits per heavy atom. The van der Waals surface area contributed by atoms with Crippen LogP contribution in [0.4, 0.5) is 5.69 Å². The SMILES string of the molecule is CC1Oc2ccccc2N(CCC(=O)N2CCC(OCCCN)CC2)C1=O.Cl. The number of nitrogens with zero attached hydrogens (tertiary/aromatic N) is 2. The number of carbonyl (C=O) groups excluding carboxylic acids is 2. The average Bonchev–Trinajstić information content (AvgIpc) is 2.69. The lowest BCUT2D eigenvalue weighted by Gasteiger charge is -2.35. The van der Waals surface area contributed by atoms with Gasteiger partial charge in [0.05, 0.1) is 11.8 Å². The van der Waals surface area contributed by atoms with Crippen LogP contribution in [0.5, 0.6) is 5.75 Å². The minimum atomic E-state index is -0.531. The number of ether oxygens (including phenoxy) is 2. The number of likely N-dealkylation sites (tertiary alicyclic amines) is 1. The molecule has 2 N–H and O–H groups in total. The summed E-state index contributed by atoms with van der Waals surface area (Å²) in [6.45, 7) is 4.84. The Morgan fingerprint density at radius 2 is 2.00 bits per heavy atom. The Balaban J connectivity index is 0.00000280. The molecule has 1 aromatic rings. The lowest BCUT2D eigenvalue weighted by Crippen LogP contribution is -2.47. The molecule has 0 aromatic heterocycles. The van der Waals surface area contributed by atoms with Crippen molar-refractivity contribution in [2.75, 3.05) is 37.7 Å². The van der Waals surface area contributed by atoms with E-state index in [1.807, 2.05) is 29.2 Å². The van der Waals surface area contributed by atoms with E-state index in [2.05, 4.69) is 0 Å². The van der Waals surface area contributed by atoms with Crippen molar-refractivity contribution >= 4 is 29.9 Å². The van der Waals surface area contributed by atoms with E-state index in [-0.39, 0.29) is 30.3 Å². The monoisotopic (exact) mass is 411 g/mol. The van der Waals surface area contributed by atoms with Crippen LogP contribution in [0.25, 0.3) is 0 Å². The van der Waals surface area contributed by atoms with Crippen LogP contribution in [0.3, 0.4) is 0 Å². The number of halogens is 1. The van der Waals surface area contributed by atoms with Crippen LogP contribution >= 0.6 is 12.4 Å². The molecular weight excluding hydrogens is 382 g/mol. The molecule has 2 aliphatic rings. The first kappa shape index (κ1) is 22.5. The summed E-state index contributed by atoms with van der Waals surface area (Å²) in [5.74, 6) is 0.667. The molecule has 7 nitrogen and oxygen atoms in total. The van der Waals surface area contributed by atoms with Crippen LogP contribution in [-0.2, 0) is 14.3 Å². The van der Waals surface area contributed by atoms with Crippen LogP contribution in [-0.4, -0.2) is 61.7 Å². The maximum absolute atomic E-state index is 12.6. The third-order valence-electron chi connectivity index (χ3n) is 5.12. The van der Waals surface area contributed by atoms with Gasteiger partial charge in [-0.1, -0.05) is 12.1 Å². The van der Waals surface area contributed by atoms with E-state index in [4.69, 9.17) is 15.2 Å². The van der Waals surface area contributed by atoms with Gasteiger partial charge >= 0.3 is 0 Å². The van der Waals surface area contributed by atoms with Gasteiger partial charge in [0.1, 0.15) is 5.75 Å². The Kier molecular flexibility index (Phi) is 8.54. The highest BCUT2D eigenvalue weighted by molar-refractivity contribution is 6.00. The fourth-order valence-electron chi connectivity index (χ4n) is 3.56. The van der Waals surface area contributed by atoms with Crippen molar-refractivity contribution < 1.29 is 19.1 Å². The summed E-state index contributed by atoms with van der Waals surface area (Å²) >= 11 is 0. The molecule has 1 aromatic carbocycles. The highest BCUT2D eigenvalue weighted by Gasteiger charge is 2.32. The first-order valence-corrected chi connectivity index (χ1v) is 9.76. The molecule has 28 heavy (non-hydrogen) atoms. The molecule has 0 radical (unpaired) electrons. The number of benzene rings is 1. The van der Waals surface area contributed by atoms with Gasteiger partial charge in [-0.3, -0.25) is 9.59 Å². The van der Waals surface area contributed by atoms with Gasteiger partial charge in [-0.05, 0) is 44.9 Å². The molecule has 8 heteroatoms. The summed E-state index contributed by atoms with van der Waals surface area (Å²) in [4.78, 5) is 28.7. The first-order chi connectivity index (χ1) is 13.1. The second-order valence-corrected chi connectivity index (χ2v) is 7.06. The zero-order valence-corrected chi connectivity index (χ0v) is 17.2. The van der Waals surface area contributed by atoms with Crippen molar-refractivity contribution in [1.82, 2.24) is 4.90 Å². The molecule has 2 amide bonds. The third-order valence-corrected chi connectivity index (χ3v) is 5.12. The summed E-state index contributed by atoms with van der Waals surface area (Å²) < 4.78 is 11.4. The van der Waals surface area contributed by atoms with Crippen molar-refractivity contribution in [2.45, 2.75) is 44.8 Å². The molecule has 2 aliphatic heterocycles. The van der Waals surface area contributed by atoms with Crippen molar-refractivity contribution in [3.8, 4) is 5.75 Å². The van der Waals surface area contributed by atoms with Crippen LogP contribution in [0.2, 0.25) is 0 Å². The highest BCUT2D eigenvalue weighted by Crippen LogP contribution is 2.33. The predicted molar refractivity (Wildman–Crippen MR) is 110 cm³/mol. The predicted octanol–water partition coefficient (Wildman–Crippen LogP) is 1.97. The first-order valence-electron chi connectivity index (χ1n) is 9.76. The van der Waals surface area contributed by atoms with Crippen LogP contribution < -0.4 is 15.4 Å². The summed E-state index contributed by atoms with van der Waals surface area (Å²) in [5, 5.41) is 0. The number of hydrogen-bond donors (Lipinski definition) is 1. The quantitative estimate of drug-likeness (QED) is 0.693. The number of piperidine rings is 1. The molecule has 1 fully saturated rings. The van der Waals surface area contributed by atoms with E-state index in [9.17, 15) is 9.59 Å². The fourth-order valence-corrected chi connectivity index (χ4v) is 3.56. The lowest BCUT2D eigenvalue weighted by molar-refractivity contribution is -0.133. The summed E-state index contributed by atoms with van der Waals surface area (Å²) in [6, 6.07) is 7.45. The number of para-hydroxylation sites is 2. The zero-order valence-electron chi connectivity index (χ0n) is 16.3. The summed E-state index contributed by atoms with van der Waals surface area (Å²) in [5.41, 5.74) is 6.22. The number of carbonyl (C=O) groups is 2. The Hall–Kier alpha value is -1.83. The number of hydrogen-bond acceptors (Lipinski definition) is 5. The maximum Gasteiger partial charge on any atom is 0.267 e. The lowest BCUT2D eigenvalue weighted by atomic mass is 10.1. The second kappa shape index (κ2) is 10.6. The van der Waals surface area contributed by atoms with Crippen molar-refractivity contribution in [3.05, 3.63) is 24.3 Å². The molecule has 3 rings (SSSR count). The largest absolute Gasteiger partial charge is 0.479 e. The van der Waals surface area contributed by atoms with E-state index in [1.165, 1.54) is 0 Å². The molecule has 0 aliphatic carbocycles. The number of amides is 2. The molecule has 2 heterocycles. The van der Waals surface area contributed by atoms with E-state index in [1.54, 1.807) is 11.8 Å². The molecule has 0 spiro atoms. The maximum atomic E-state index is 12.6. The van der Waals surface area contributed by atoms with E-state index < -0.39 is 6.10 Å². The standard InChI is InChI=1S/C20H29N3O4.ClH/c1-15-20(25)23(17-5-2-3-6-18(17)27-15)13-9-19(24)22-11-7-16(8-12-22)26-14-4-10-21;/h2-3,5-6,15-16H,4,7-14,21H2,1H3;1H. The van der Waals surface area contributed by atoms with Gasteiger partial charge in [-0.2, -0.15) is 0 Å². The smallest absolute Gasteiger partial charge is 0.267 e. The van der Waals surface area contributed by atoms with Gasteiger partial charge < -0.3 is 25.0 Å². The molecule has 156 valence electrons. The molecule has 1 atom stereocenters. The van der Waals surface area contributed by atoms with Gasteiger partial charge in [0.2, 0.25) is 5.91 Å². The van der Waals surface area contributed by atoms with E-state index in [0.29, 0.717) is 45.0 Å². The number of anilines is 1. The normalized spacial score (nSPS) is 19.6. The zero-order chi connectivity index (χ0) is 19.2.